The number of carboxylic acid groups (broad SMARTS) is 1. The van der Waals surface area contributed by atoms with Crippen molar-refractivity contribution in [2.75, 3.05) is 0 Å². The molecular weight excluding hydrogens is 194 g/mol. The first kappa shape index (κ1) is 10.4. The monoisotopic (exact) mass is 202 g/mol. The molecule has 0 heterocycles. The van der Waals surface area contributed by atoms with Gasteiger partial charge < -0.3 is 10.2 Å². The Morgan fingerprint density at radius 2 is 2.07 bits per heavy atom. The lowest BCUT2D eigenvalue weighted by atomic mass is 10.1. The van der Waals surface area contributed by atoms with E-state index >= 15 is 0 Å². The van der Waals surface area contributed by atoms with Crippen molar-refractivity contribution in [3.8, 4) is 5.75 Å². The minimum Gasteiger partial charge on any atom is -0.508 e. The molecule has 1 unspecified atom stereocenters. The van der Waals surface area contributed by atoms with E-state index in [1.54, 1.807) is 0 Å². The Hall–Kier alpha value is -1.65. The highest BCUT2D eigenvalue weighted by molar-refractivity contribution is 5.72. The van der Waals surface area contributed by atoms with E-state index in [-0.39, 0.29) is 11.3 Å². The van der Waals surface area contributed by atoms with Crippen LogP contribution in [0.15, 0.2) is 18.2 Å². The molecule has 1 aromatic rings. The van der Waals surface area contributed by atoms with E-state index in [0.29, 0.717) is 0 Å². The summed E-state index contributed by atoms with van der Waals surface area (Å²) >= 11 is 0. The smallest absolute Gasteiger partial charge is 0.338 e. The summed E-state index contributed by atoms with van der Waals surface area (Å²) in [6.07, 6.45) is -2.54. The van der Waals surface area contributed by atoms with Gasteiger partial charge in [-0.1, -0.05) is 0 Å². The number of hydrogen-bond donors (Lipinski definition) is 2. The highest BCUT2D eigenvalue weighted by Crippen LogP contribution is 2.16. The van der Waals surface area contributed by atoms with Crippen LogP contribution in [0.5, 0.6) is 5.75 Å². The van der Waals surface area contributed by atoms with E-state index in [4.69, 9.17) is 10.2 Å². The summed E-state index contributed by atoms with van der Waals surface area (Å²) in [6.45, 7) is 0. The van der Waals surface area contributed by atoms with Crippen LogP contribution < -0.4 is 0 Å². The van der Waals surface area contributed by atoms with Gasteiger partial charge in [-0.25, -0.2) is 13.6 Å². The quantitative estimate of drug-likeness (QED) is 0.780. The lowest BCUT2D eigenvalue weighted by molar-refractivity contribution is -0.142. The average molecular weight is 202 g/mol. The van der Waals surface area contributed by atoms with Gasteiger partial charge in [0.15, 0.2) is 0 Å². The van der Waals surface area contributed by atoms with Crippen molar-refractivity contribution >= 4 is 5.97 Å². The van der Waals surface area contributed by atoms with Gasteiger partial charge in [0.25, 0.3) is 0 Å². The SMILES string of the molecule is O=C(O)C(F)Cc1cc(O)cc(F)c1. The van der Waals surface area contributed by atoms with Crippen LogP contribution >= 0.6 is 0 Å². The Morgan fingerprint density at radius 3 is 2.57 bits per heavy atom. The molecule has 0 amide bonds. The van der Waals surface area contributed by atoms with Crippen molar-refractivity contribution in [2.24, 2.45) is 0 Å². The molecule has 0 fully saturated rings. The molecule has 0 radical (unpaired) electrons. The first-order valence-corrected chi connectivity index (χ1v) is 3.84. The third-order valence-electron chi connectivity index (χ3n) is 1.63. The number of carboxylic acids is 1. The minimum atomic E-state index is -2.09. The molecule has 0 saturated heterocycles. The fourth-order valence-corrected chi connectivity index (χ4v) is 1.05. The molecule has 1 aromatic carbocycles. The molecule has 1 rings (SSSR count). The number of benzene rings is 1. The van der Waals surface area contributed by atoms with Crippen LogP contribution in [0.3, 0.4) is 0 Å². The molecule has 5 heteroatoms. The van der Waals surface area contributed by atoms with E-state index in [1.807, 2.05) is 0 Å². The summed E-state index contributed by atoms with van der Waals surface area (Å²) in [7, 11) is 0. The van der Waals surface area contributed by atoms with Crippen LogP contribution in [0.2, 0.25) is 0 Å². The highest BCUT2D eigenvalue weighted by atomic mass is 19.1. The zero-order valence-corrected chi connectivity index (χ0v) is 7.08. The zero-order chi connectivity index (χ0) is 10.7. The van der Waals surface area contributed by atoms with Crippen molar-refractivity contribution < 1.29 is 23.8 Å². The second-order valence-corrected chi connectivity index (χ2v) is 2.83. The van der Waals surface area contributed by atoms with Crippen molar-refractivity contribution in [1.29, 1.82) is 0 Å². The Morgan fingerprint density at radius 1 is 1.43 bits per heavy atom. The van der Waals surface area contributed by atoms with Crippen LogP contribution in [0, 0.1) is 5.82 Å². The normalized spacial score (nSPS) is 12.4. The minimum absolute atomic E-state index is 0.109. The van der Waals surface area contributed by atoms with Gasteiger partial charge in [-0.3, -0.25) is 0 Å². The van der Waals surface area contributed by atoms with Crippen LogP contribution in [0.1, 0.15) is 5.56 Å². The summed E-state index contributed by atoms with van der Waals surface area (Å²) in [5.74, 6) is -2.68. The molecule has 3 nitrogen and oxygen atoms in total. The van der Waals surface area contributed by atoms with Gasteiger partial charge in [-0.15, -0.1) is 0 Å². The van der Waals surface area contributed by atoms with Crippen molar-refractivity contribution in [1.82, 2.24) is 0 Å². The second-order valence-electron chi connectivity index (χ2n) is 2.83. The van der Waals surface area contributed by atoms with Gasteiger partial charge in [0, 0.05) is 12.5 Å². The Labute approximate surface area is 78.6 Å². The third-order valence-corrected chi connectivity index (χ3v) is 1.63. The first-order valence-electron chi connectivity index (χ1n) is 3.84. The Kier molecular flexibility index (Phi) is 3.01. The summed E-state index contributed by atoms with van der Waals surface area (Å²) in [5, 5.41) is 17.2. The summed E-state index contributed by atoms with van der Waals surface area (Å²) in [6, 6.07) is 2.96. The van der Waals surface area contributed by atoms with E-state index in [2.05, 4.69) is 0 Å². The highest BCUT2D eigenvalue weighted by Gasteiger charge is 2.16. The maximum absolute atomic E-state index is 12.7. The molecule has 1 atom stereocenters. The largest absolute Gasteiger partial charge is 0.508 e. The molecule has 0 saturated carbocycles. The van der Waals surface area contributed by atoms with E-state index in [9.17, 15) is 13.6 Å². The lowest BCUT2D eigenvalue weighted by Gasteiger charge is -2.03. The number of halogens is 2. The molecule has 14 heavy (non-hydrogen) atoms. The number of hydrogen-bond acceptors (Lipinski definition) is 2. The van der Waals surface area contributed by atoms with Crippen molar-refractivity contribution in [3.63, 3.8) is 0 Å². The third kappa shape index (κ3) is 2.69. The summed E-state index contributed by atoms with van der Waals surface area (Å²) in [4.78, 5) is 10.1. The molecule has 2 N–H and O–H groups in total. The van der Waals surface area contributed by atoms with Gasteiger partial charge in [0.1, 0.15) is 11.6 Å². The summed E-state index contributed by atoms with van der Waals surface area (Å²) in [5.41, 5.74) is 0.109. The van der Waals surface area contributed by atoms with Crippen molar-refractivity contribution in [2.45, 2.75) is 12.6 Å². The molecule has 0 spiro atoms. The standard InChI is InChI=1S/C9H8F2O3/c10-6-1-5(2-7(12)4-6)3-8(11)9(13)14/h1-2,4,8,12H,3H2,(H,13,14). The predicted octanol–water partition coefficient (Wildman–Crippen LogP) is 1.50. The summed E-state index contributed by atoms with van der Waals surface area (Å²) < 4.78 is 25.3. The first-order chi connectivity index (χ1) is 6.49. The van der Waals surface area contributed by atoms with Gasteiger partial charge in [-0.05, 0) is 17.7 Å². The number of rotatable bonds is 3. The average Bonchev–Trinajstić information content (AvgIpc) is 2.01. The molecule has 0 aliphatic rings. The number of carbonyl (C=O) groups is 1. The Balaban J connectivity index is 2.81. The van der Waals surface area contributed by atoms with E-state index in [0.717, 1.165) is 18.2 Å². The number of aromatic hydroxyl groups is 1. The van der Waals surface area contributed by atoms with Gasteiger partial charge in [-0.2, -0.15) is 0 Å². The van der Waals surface area contributed by atoms with E-state index < -0.39 is 24.4 Å². The Bertz CT molecular complexity index is 332. The maximum Gasteiger partial charge on any atom is 0.338 e. The second kappa shape index (κ2) is 4.04. The van der Waals surface area contributed by atoms with Crippen LogP contribution in [0.25, 0.3) is 0 Å². The van der Waals surface area contributed by atoms with Gasteiger partial charge in [0.2, 0.25) is 6.17 Å². The topological polar surface area (TPSA) is 57.5 Å². The van der Waals surface area contributed by atoms with E-state index in [1.165, 1.54) is 0 Å². The lowest BCUT2D eigenvalue weighted by Crippen LogP contribution is -2.17. The number of phenols is 1. The van der Waals surface area contributed by atoms with Crippen LogP contribution in [-0.4, -0.2) is 22.4 Å². The van der Waals surface area contributed by atoms with Gasteiger partial charge >= 0.3 is 5.97 Å². The molecular formula is C9H8F2O3. The predicted molar refractivity (Wildman–Crippen MR) is 44.3 cm³/mol. The molecule has 0 bridgehead atoms. The zero-order valence-electron chi connectivity index (χ0n) is 7.08. The fourth-order valence-electron chi connectivity index (χ4n) is 1.05. The fraction of sp³-hybridized carbons (Fsp3) is 0.222. The molecule has 76 valence electrons. The number of aliphatic carboxylic acids is 1. The number of phenolic OH excluding ortho intramolecular Hbond substituents is 1. The molecule has 0 aliphatic carbocycles. The van der Waals surface area contributed by atoms with Gasteiger partial charge in [0.05, 0.1) is 0 Å². The maximum atomic E-state index is 12.7. The van der Waals surface area contributed by atoms with Crippen molar-refractivity contribution in [3.05, 3.63) is 29.6 Å². The molecule has 0 aliphatic heterocycles. The number of alkyl halides is 1. The van der Waals surface area contributed by atoms with Crippen LogP contribution in [-0.2, 0) is 11.2 Å². The molecule has 0 aromatic heterocycles. The van der Waals surface area contributed by atoms with Crippen LogP contribution in [0.4, 0.5) is 8.78 Å².